The zero-order valence-corrected chi connectivity index (χ0v) is 42.2. The lowest BCUT2D eigenvalue weighted by Gasteiger charge is -2.52. The topological polar surface area (TPSA) is 206 Å². The van der Waals surface area contributed by atoms with Gasteiger partial charge >= 0.3 is 18.0 Å². The molecule has 69 heavy (non-hydrogen) atoms. The van der Waals surface area contributed by atoms with Gasteiger partial charge in [-0.25, -0.2) is 20.2 Å². The number of aryl methyl sites for hydroxylation is 1. The molecule has 3 saturated heterocycles. The van der Waals surface area contributed by atoms with E-state index in [1.165, 1.54) is 12.1 Å². The van der Waals surface area contributed by atoms with Crippen molar-refractivity contribution in [2.75, 3.05) is 27.2 Å². The Kier molecular flexibility index (Phi) is 17.3. The van der Waals surface area contributed by atoms with E-state index >= 15 is 4.79 Å². The second kappa shape index (κ2) is 22.4. The number of methoxy groups -OCH3 is 1. The number of furan rings is 1. The molecule has 380 valence electrons. The van der Waals surface area contributed by atoms with Crippen molar-refractivity contribution < 1.29 is 57.1 Å². The minimum Gasteiger partial charge on any atom is -0.472 e. The van der Waals surface area contributed by atoms with Gasteiger partial charge in [0.15, 0.2) is 11.4 Å². The maximum atomic E-state index is 15.1. The summed E-state index contributed by atoms with van der Waals surface area (Å²) in [7, 11) is 3.41. The van der Waals surface area contributed by atoms with Crippen molar-refractivity contribution >= 4 is 23.8 Å². The highest BCUT2D eigenvalue weighted by Crippen LogP contribution is 2.45. The lowest BCUT2D eigenvalue weighted by molar-refractivity contribution is -0.358. The number of carbonyl (C=O) groups is 4. The first-order valence-corrected chi connectivity index (χ1v) is 24.2. The van der Waals surface area contributed by atoms with Crippen molar-refractivity contribution in [2.45, 2.75) is 161 Å². The van der Waals surface area contributed by atoms with Gasteiger partial charge in [0.2, 0.25) is 0 Å². The second-order valence-corrected chi connectivity index (χ2v) is 19.9. The van der Waals surface area contributed by atoms with E-state index in [1.807, 2.05) is 42.6 Å². The van der Waals surface area contributed by atoms with Crippen LogP contribution in [0.25, 0.3) is 11.3 Å². The quantitative estimate of drug-likeness (QED) is 0.0713. The molecule has 2 N–H and O–H groups in total. The van der Waals surface area contributed by atoms with Gasteiger partial charge in [0.25, 0.3) is 0 Å². The summed E-state index contributed by atoms with van der Waals surface area (Å²) in [5, 5.41) is 13.5. The highest BCUT2D eigenvalue weighted by molar-refractivity contribution is 5.85. The molecule has 18 nitrogen and oxygen atoms in total. The van der Waals surface area contributed by atoms with Crippen molar-refractivity contribution in [1.29, 1.82) is 0 Å². The van der Waals surface area contributed by atoms with Gasteiger partial charge in [0.05, 0.1) is 54.7 Å². The summed E-state index contributed by atoms with van der Waals surface area (Å²) in [6, 6.07) is 3.96. The summed E-state index contributed by atoms with van der Waals surface area (Å²) in [6.45, 7) is 21.2. The first kappa shape index (κ1) is 53.4. The molecule has 0 saturated carbocycles. The number of amides is 1. The highest BCUT2D eigenvalue weighted by atomic mass is 16.7. The number of pyridine rings is 1. The second-order valence-electron chi connectivity index (χ2n) is 19.9. The number of aromatic nitrogens is 3. The number of carbonyl (C=O) groups excluding carboxylic acids is 4. The standard InChI is InChI=1S/C51H74N6O12/c1-13-21-55(11)39-24-32(4)67-51(10,45(39)60)68-46-34(6)43(66-41(58)25-36-17-15-19-52-27-36)35(7)47(61)65-40(14-2)50(9)44(33(5)42(59)31(3)26-49(46,8)63-12)57(48(62)69-50)54-20-16-22-56-28-38(53-30-56)37-18-23-64-29-37/h13,15,17-19,23,27-35,39-40,43-46,54,60H,1,14,16,20-22,24-26H2,2-12H3/t31-,32-,33+,34+,35-,39+,40-,43?,44-,45-,46-,49-,50-,51+/m1/s1. The van der Waals surface area contributed by atoms with Crippen LogP contribution in [0.4, 0.5) is 4.79 Å². The molecule has 1 unspecified atom stereocenters. The van der Waals surface area contributed by atoms with E-state index in [2.05, 4.69) is 22.0 Å². The molecule has 3 aliphatic heterocycles. The molecular formula is C51H74N6O12. The summed E-state index contributed by atoms with van der Waals surface area (Å²) in [5.41, 5.74) is 2.61. The molecule has 0 spiro atoms. The molecule has 1 amide bonds. The largest absolute Gasteiger partial charge is 0.472 e. The van der Waals surface area contributed by atoms with E-state index in [4.69, 9.17) is 32.8 Å². The first-order valence-electron chi connectivity index (χ1n) is 24.2. The van der Waals surface area contributed by atoms with Gasteiger partial charge in [-0.15, -0.1) is 6.58 Å². The number of ether oxygens (including phenoxy) is 6. The number of imidazole rings is 1. The van der Waals surface area contributed by atoms with Crippen LogP contribution >= 0.6 is 0 Å². The van der Waals surface area contributed by atoms with Crippen LogP contribution in [0.15, 0.2) is 72.7 Å². The molecule has 3 aromatic rings. The summed E-state index contributed by atoms with van der Waals surface area (Å²) in [6.07, 6.45) is 7.38. The van der Waals surface area contributed by atoms with Crippen LogP contribution in [0.1, 0.15) is 93.6 Å². The van der Waals surface area contributed by atoms with Crippen molar-refractivity contribution in [3.8, 4) is 11.3 Å². The number of aliphatic hydroxyl groups excluding tert-OH is 1. The number of Topliss-reactive ketones (excluding diaryl/α,β-unsaturated/α-hetero) is 1. The van der Waals surface area contributed by atoms with Gasteiger partial charge in [0.1, 0.15) is 30.1 Å². The summed E-state index contributed by atoms with van der Waals surface area (Å²) in [4.78, 5) is 68.6. The van der Waals surface area contributed by atoms with Gasteiger partial charge in [-0.2, -0.15) is 0 Å². The summed E-state index contributed by atoms with van der Waals surface area (Å²) < 4.78 is 46.2. The van der Waals surface area contributed by atoms with Crippen molar-refractivity contribution in [3.05, 3.63) is 73.9 Å². The number of aliphatic hydroxyl groups is 1. The number of cyclic esters (lactones) is 1. The number of ketones is 1. The fourth-order valence-corrected chi connectivity index (χ4v) is 10.9. The number of esters is 2. The molecule has 3 aliphatic rings. The summed E-state index contributed by atoms with van der Waals surface area (Å²) >= 11 is 0. The third-order valence-corrected chi connectivity index (χ3v) is 14.6. The number of likely N-dealkylation sites (N-methyl/N-ethyl adjacent to an activating group) is 1. The van der Waals surface area contributed by atoms with E-state index in [0.717, 1.165) is 11.3 Å². The maximum absolute atomic E-state index is 15.1. The number of hydrogen-bond acceptors (Lipinski definition) is 16. The Morgan fingerprint density at radius 1 is 1.12 bits per heavy atom. The van der Waals surface area contributed by atoms with Gasteiger partial charge < -0.3 is 42.5 Å². The number of hydrazine groups is 1. The van der Waals surface area contributed by atoms with E-state index in [0.29, 0.717) is 38.0 Å². The van der Waals surface area contributed by atoms with Crippen molar-refractivity contribution in [3.63, 3.8) is 0 Å². The Morgan fingerprint density at radius 3 is 2.52 bits per heavy atom. The lowest BCUT2D eigenvalue weighted by Crippen LogP contribution is -2.65. The number of nitrogens with one attached hydrogen (secondary N) is 1. The normalized spacial score (nSPS) is 34.7. The third kappa shape index (κ3) is 11.6. The summed E-state index contributed by atoms with van der Waals surface area (Å²) in [5.74, 6) is -6.79. The molecule has 14 atom stereocenters. The van der Waals surface area contributed by atoms with E-state index in [1.54, 1.807) is 97.9 Å². The predicted octanol–water partition coefficient (Wildman–Crippen LogP) is 6.17. The smallest absolute Gasteiger partial charge is 0.425 e. The molecule has 0 radical (unpaired) electrons. The van der Waals surface area contributed by atoms with Gasteiger partial charge in [-0.1, -0.05) is 39.8 Å². The van der Waals surface area contributed by atoms with Gasteiger partial charge in [-0.3, -0.25) is 24.3 Å². The van der Waals surface area contributed by atoms with Crippen LogP contribution < -0.4 is 5.43 Å². The molecule has 3 fully saturated rings. The van der Waals surface area contributed by atoms with Crippen LogP contribution in [0.5, 0.6) is 0 Å². The van der Waals surface area contributed by atoms with Crippen LogP contribution in [0, 0.1) is 23.7 Å². The Labute approximate surface area is 406 Å². The minimum absolute atomic E-state index is 0.0764. The SMILES string of the molecule is C=CCN(C)[C@H]1C[C@@H](C)O[C@@](C)(O[C@@H]2[C@@H](C)C(OC(=O)Cc3cccnc3)[C@@H](C)C(=O)O[C@H](CC)[C@@]3(C)OC(=O)N(NCCCn4cnc(-c5ccoc5)c4)[C@@H]3[C@@H](C)C(=O)[C@H](C)C[C@@]2(C)OC)[C@@H]1O. The molecule has 3 aromatic heterocycles. The molecule has 18 heteroatoms. The molecule has 0 aromatic carbocycles. The van der Waals surface area contributed by atoms with Crippen molar-refractivity contribution in [2.24, 2.45) is 23.7 Å². The Morgan fingerprint density at radius 2 is 1.87 bits per heavy atom. The lowest BCUT2D eigenvalue weighted by atomic mass is 9.73. The zero-order valence-electron chi connectivity index (χ0n) is 42.2. The number of hydrogen-bond donors (Lipinski definition) is 2. The predicted molar refractivity (Wildman–Crippen MR) is 254 cm³/mol. The van der Waals surface area contributed by atoms with Crippen LogP contribution in [0.2, 0.25) is 0 Å². The monoisotopic (exact) mass is 963 g/mol. The van der Waals surface area contributed by atoms with Crippen LogP contribution in [0.3, 0.4) is 0 Å². The minimum atomic E-state index is -1.65. The molecule has 0 bridgehead atoms. The van der Waals surface area contributed by atoms with E-state index < -0.39 is 95.2 Å². The van der Waals surface area contributed by atoms with E-state index in [9.17, 15) is 19.5 Å². The average Bonchev–Trinajstić information content (AvgIpc) is 4.08. The van der Waals surface area contributed by atoms with Crippen LogP contribution in [-0.4, -0.2) is 140 Å². The fourth-order valence-electron chi connectivity index (χ4n) is 10.9. The average molecular weight is 963 g/mol. The Balaban J connectivity index is 1.37. The zero-order chi connectivity index (χ0) is 50.4. The molecule has 6 heterocycles. The number of fused-ring (bicyclic) bond motifs is 1. The number of nitrogens with zero attached hydrogens (tertiary/aromatic N) is 5. The Bertz CT molecular complexity index is 2210. The first-order chi connectivity index (χ1) is 32.7. The molecule has 6 rings (SSSR count). The van der Waals surface area contributed by atoms with Crippen molar-refractivity contribution in [1.82, 2.24) is 29.9 Å². The van der Waals surface area contributed by atoms with E-state index in [-0.39, 0.29) is 31.1 Å². The van der Waals surface area contributed by atoms with Gasteiger partial charge in [0, 0.05) is 74.7 Å². The van der Waals surface area contributed by atoms with Gasteiger partial charge in [-0.05, 0) is 85.0 Å². The number of rotatable bonds is 16. The van der Waals surface area contributed by atoms with Crippen LogP contribution in [-0.2, 0) is 55.8 Å². The fraction of sp³-hybridized carbons (Fsp3) is 0.647. The highest BCUT2D eigenvalue weighted by Gasteiger charge is 2.61. The Hall–Kier alpha value is -4.98. The third-order valence-electron chi connectivity index (χ3n) is 14.6. The molecule has 0 aliphatic carbocycles. The maximum Gasteiger partial charge on any atom is 0.425 e. The molecular weight excluding hydrogens is 889 g/mol.